The maximum atomic E-state index is 13.5. The van der Waals surface area contributed by atoms with E-state index in [1.807, 2.05) is 26.0 Å². The molecule has 1 atom stereocenters. The van der Waals surface area contributed by atoms with Crippen molar-refractivity contribution in [3.8, 4) is 5.75 Å². The van der Waals surface area contributed by atoms with Gasteiger partial charge in [-0.2, -0.15) is 0 Å². The van der Waals surface area contributed by atoms with E-state index in [-0.39, 0.29) is 18.2 Å². The van der Waals surface area contributed by atoms with Crippen LogP contribution in [0.3, 0.4) is 0 Å². The molecule has 0 heterocycles. The fraction of sp³-hybridized carbons (Fsp3) is 0.250. The van der Waals surface area contributed by atoms with Gasteiger partial charge in [-0.15, -0.1) is 0 Å². The molecule has 0 aliphatic heterocycles. The molecule has 106 valence electrons. The Bertz CT molecular complexity index is 591. The molecule has 0 bridgehead atoms. The summed E-state index contributed by atoms with van der Waals surface area (Å²) in [5.41, 5.74) is 7.61. The van der Waals surface area contributed by atoms with Crippen molar-refractivity contribution in [3.63, 3.8) is 0 Å². The second-order valence-electron chi connectivity index (χ2n) is 4.80. The minimum atomic E-state index is -0.602. The van der Waals surface area contributed by atoms with E-state index in [2.05, 4.69) is 0 Å². The zero-order valence-electron chi connectivity index (χ0n) is 11.5. The Hall–Kier alpha value is -1.94. The lowest BCUT2D eigenvalue weighted by molar-refractivity contribution is 0.290. The van der Waals surface area contributed by atoms with Crippen LogP contribution in [0.5, 0.6) is 5.75 Å². The lowest BCUT2D eigenvalue weighted by Gasteiger charge is -2.13. The van der Waals surface area contributed by atoms with Crippen molar-refractivity contribution >= 4 is 0 Å². The molecule has 0 spiro atoms. The quantitative estimate of drug-likeness (QED) is 0.920. The van der Waals surface area contributed by atoms with E-state index in [0.717, 1.165) is 11.1 Å². The molecule has 1 unspecified atom stereocenters. The second kappa shape index (κ2) is 6.01. The van der Waals surface area contributed by atoms with Gasteiger partial charge in [-0.3, -0.25) is 0 Å². The highest BCUT2D eigenvalue weighted by Gasteiger charge is 2.10. The van der Waals surface area contributed by atoms with E-state index in [1.165, 1.54) is 18.2 Å². The highest BCUT2D eigenvalue weighted by molar-refractivity contribution is 5.37. The predicted octanol–water partition coefficient (Wildman–Crippen LogP) is 3.87. The maximum absolute atomic E-state index is 13.5. The summed E-state index contributed by atoms with van der Waals surface area (Å²) < 4.78 is 32.5. The highest BCUT2D eigenvalue weighted by atomic mass is 19.1. The minimum Gasteiger partial charge on any atom is -0.488 e. The van der Waals surface area contributed by atoms with Crippen molar-refractivity contribution in [2.75, 3.05) is 0 Å². The molecule has 4 heteroatoms. The van der Waals surface area contributed by atoms with E-state index in [0.29, 0.717) is 5.75 Å². The van der Waals surface area contributed by atoms with Gasteiger partial charge in [0.25, 0.3) is 0 Å². The van der Waals surface area contributed by atoms with Crippen LogP contribution in [0.15, 0.2) is 36.4 Å². The number of halogens is 2. The number of hydrogen-bond acceptors (Lipinski definition) is 2. The van der Waals surface area contributed by atoms with Gasteiger partial charge in [0.2, 0.25) is 0 Å². The summed E-state index contributed by atoms with van der Waals surface area (Å²) in [6.45, 7) is 3.62. The molecule has 0 aliphatic rings. The first-order valence-electron chi connectivity index (χ1n) is 6.41. The molecule has 0 saturated carbocycles. The van der Waals surface area contributed by atoms with Gasteiger partial charge < -0.3 is 10.5 Å². The smallest absolute Gasteiger partial charge is 0.132 e. The van der Waals surface area contributed by atoms with Crippen LogP contribution >= 0.6 is 0 Å². The van der Waals surface area contributed by atoms with Crippen molar-refractivity contribution < 1.29 is 13.5 Å². The second-order valence-corrected chi connectivity index (χ2v) is 4.80. The molecule has 2 rings (SSSR count). The molecule has 0 radical (unpaired) electrons. The van der Waals surface area contributed by atoms with Crippen molar-refractivity contribution in [2.24, 2.45) is 5.73 Å². The molecular formula is C16H17F2NO. The lowest BCUT2D eigenvalue weighted by Crippen LogP contribution is -2.06. The third-order valence-electron chi connectivity index (χ3n) is 3.16. The average molecular weight is 277 g/mol. The number of hydrogen-bond donors (Lipinski definition) is 1. The zero-order valence-corrected chi connectivity index (χ0v) is 11.5. The molecule has 2 nitrogen and oxygen atoms in total. The van der Waals surface area contributed by atoms with Crippen molar-refractivity contribution in [2.45, 2.75) is 26.5 Å². The molecule has 0 aromatic heterocycles. The van der Waals surface area contributed by atoms with E-state index in [4.69, 9.17) is 10.5 Å². The van der Waals surface area contributed by atoms with Gasteiger partial charge in [-0.25, -0.2) is 8.78 Å². The van der Waals surface area contributed by atoms with E-state index < -0.39 is 11.6 Å². The zero-order chi connectivity index (χ0) is 14.7. The Morgan fingerprint density at radius 1 is 1.15 bits per heavy atom. The fourth-order valence-electron chi connectivity index (χ4n) is 1.94. The van der Waals surface area contributed by atoms with E-state index >= 15 is 0 Å². The molecule has 0 amide bonds. The minimum absolute atomic E-state index is 0.0632. The Morgan fingerprint density at radius 3 is 2.35 bits per heavy atom. The molecule has 0 saturated heterocycles. The van der Waals surface area contributed by atoms with Crippen molar-refractivity contribution in [1.29, 1.82) is 0 Å². The van der Waals surface area contributed by atoms with Gasteiger partial charge in [0.1, 0.15) is 24.0 Å². The fourth-order valence-corrected chi connectivity index (χ4v) is 1.94. The number of rotatable bonds is 4. The molecule has 2 aromatic rings. The first-order valence-corrected chi connectivity index (χ1v) is 6.41. The maximum Gasteiger partial charge on any atom is 0.132 e. The highest BCUT2D eigenvalue weighted by Crippen LogP contribution is 2.23. The third-order valence-corrected chi connectivity index (χ3v) is 3.16. The summed E-state index contributed by atoms with van der Waals surface area (Å²) in [6.07, 6.45) is 0. The summed E-state index contributed by atoms with van der Waals surface area (Å²) >= 11 is 0. The topological polar surface area (TPSA) is 35.2 Å². The predicted molar refractivity (Wildman–Crippen MR) is 74.5 cm³/mol. The van der Waals surface area contributed by atoms with Crippen molar-refractivity contribution in [3.05, 3.63) is 64.7 Å². The van der Waals surface area contributed by atoms with Crippen LogP contribution < -0.4 is 10.5 Å². The van der Waals surface area contributed by atoms with Gasteiger partial charge >= 0.3 is 0 Å². The SMILES string of the molecule is Cc1cc(C(C)N)ccc1OCc1c(F)cccc1F. The van der Waals surface area contributed by atoms with Crippen LogP contribution in [0.2, 0.25) is 0 Å². The number of ether oxygens (including phenoxy) is 1. The van der Waals surface area contributed by atoms with Crippen molar-refractivity contribution in [1.82, 2.24) is 0 Å². The number of nitrogens with two attached hydrogens (primary N) is 1. The van der Waals surface area contributed by atoms with E-state index in [9.17, 15) is 8.78 Å². The molecular weight excluding hydrogens is 260 g/mol. The largest absolute Gasteiger partial charge is 0.488 e. The lowest BCUT2D eigenvalue weighted by atomic mass is 10.1. The molecule has 20 heavy (non-hydrogen) atoms. The van der Waals surface area contributed by atoms with Gasteiger partial charge in [-0.05, 0) is 43.2 Å². The monoisotopic (exact) mass is 277 g/mol. The summed E-state index contributed by atoms with van der Waals surface area (Å²) in [5.74, 6) is -0.609. The third kappa shape index (κ3) is 3.14. The summed E-state index contributed by atoms with van der Waals surface area (Å²) in [4.78, 5) is 0. The molecule has 2 aromatic carbocycles. The Labute approximate surface area is 117 Å². The van der Waals surface area contributed by atoms with Crippen LogP contribution in [0.25, 0.3) is 0 Å². The van der Waals surface area contributed by atoms with Crippen LogP contribution in [0.1, 0.15) is 29.7 Å². The standard InChI is InChI=1S/C16H17F2NO/c1-10-8-12(11(2)19)6-7-16(10)20-9-13-14(17)4-3-5-15(13)18/h3-8,11H,9,19H2,1-2H3. The number of benzene rings is 2. The first-order chi connectivity index (χ1) is 9.49. The van der Waals surface area contributed by atoms with E-state index in [1.54, 1.807) is 6.07 Å². The summed E-state index contributed by atoms with van der Waals surface area (Å²) in [6, 6.07) is 9.24. The molecule has 0 aliphatic carbocycles. The van der Waals surface area contributed by atoms with Gasteiger partial charge in [0.15, 0.2) is 0 Å². The van der Waals surface area contributed by atoms with Crippen LogP contribution in [-0.4, -0.2) is 0 Å². The van der Waals surface area contributed by atoms with Crippen LogP contribution in [0, 0.1) is 18.6 Å². The Morgan fingerprint density at radius 2 is 1.80 bits per heavy atom. The average Bonchev–Trinajstić information content (AvgIpc) is 2.39. The molecule has 2 N–H and O–H groups in total. The van der Waals surface area contributed by atoms with Gasteiger partial charge in [0, 0.05) is 6.04 Å². The normalized spacial score (nSPS) is 12.2. The van der Waals surface area contributed by atoms with Gasteiger partial charge in [-0.1, -0.05) is 18.2 Å². The molecule has 0 fully saturated rings. The summed E-state index contributed by atoms with van der Waals surface area (Å²) in [5, 5.41) is 0. The van der Waals surface area contributed by atoms with Crippen LogP contribution in [-0.2, 0) is 6.61 Å². The summed E-state index contributed by atoms with van der Waals surface area (Å²) in [7, 11) is 0. The first kappa shape index (κ1) is 14.5. The van der Waals surface area contributed by atoms with Gasteiger partial charge in [0.05, 0.1) is 5.56 Å². The van der Waals surface area contributed by atoms with Crippen LogP contribution in [0.4, 0.5) is 8.78 Å². The Balaban J connectivity index is 2.15. The number of aryl methyl sites for hydroxylation is 1. The Kier molecular flexibility index (Phi) is 4.35.